The Hall–Kier alpha value is -3.26. The van der Waals surface area contributed by atoms with E-state index in [-0.39, 0.29) is 11.3 Å². The highest BCUT2D eigenvalue weighted by molar-refractivity contribution is 5.93. The fourth-order valence-electron chi connectivity index (χ4n) is 2.35. The summed E-state index contributed by atoms with van der Waals surface area (Å²) in [5.74, 6) is -0.757. The molecule has 0 aliphatic rings. The molecule has 8 heteroatoms. The largest absolute Gasteiger partial charge is 0.398 e. The van der Waals surface area contributed by atoms with E-state index >= 15 is 0 Å². The number of halogens is 2. The summed E-state index contributed by atoms with van der Waals surface area (Å²) in [4.78, 5) is 16.0. The molecule has 4 N–H and O–H groups in total. The number of aromatic nitrogens is 2. The third-order valence-corrected chi connectivity index (χ3v) is 3.59. The maximum Gasteiger partial charge on any atom is 0.380 e. The van der Waals surface area contributed by atoms with E-state index in [2.05, 4.69) is 15.0 Å². The molecule has 0 aliphatic carbocycles. The number of nitrogens with zero attached hydrogens (tertiary/aromatic N) is 1. The van der Waals surface area contributed by atoms with Crippen molar-refractivity contribution >= 4 is 11.6 Å². The molecule has 0 atom stereocenters. The average molecular weight is 358 g/mol. The number of alkyl halides is 2. The lowest BCUT2D eigenvalue weighted by Gasteiger charge is -2.15. The molecular weight excluding hydrogens is 342 g/mol. The second-order valence-corrected chi connectivity index (χ2v) is 5.58. The summed E-state index contributed by atoms with van der Waals surface area (Å²) in [5.41, 5.74) is 9.54. The summed E-state index contributed by atoms with van der Waals surface area (Å²) in [7, 11) is 0. The van der Waals surface area contributed by atoms with Gasteiger partial charge >= 0.3 is 6.11 Å². The molecule has 1 amide bonds. The van der Waals surface area contributed by atoms with Crippen LogP contribution in [-0.4, -0.2) is 22.2 Å². The molecule has 1 heterocycles. The van der Waals surface area contributed by atoms with Crippen LogP contribution in [0.5, 0.6) is 0 Å². The van der Waals surface area contributed by atoms with Gasteiger partial charge in [-0.25, -0.2) is 10.3 Å². The number of hydrogen-bond acceptors (Lipinski definition) is 4. The number of nitrogen functional groups attached to an aromatic ring is 1. The first-order chi connectivity index (χ1) is 12.4. The Morgan fingerprint density at radius 2 is 1.85 bits per heavy atom. The summed E-state index contributed by atoms with van der Waals surface area (Å²) in [6.45, 7) is 0. The van der Waals surface area contributed by atoms with Crippen molar-refractivity contribution in [1.29, 1.82) is 0 Å². The minimum atomic E-state index is -3.61. The number of hydroxylamine groups is 1. The molecule has 26 heavy (non-hydrogen) atoms. The van der Waals surface area contributed by atoms with Gasteiger partial charge in [0.25, 0.3) is 5.91 Å². The molecule has 0 fully saturated rings. The number of para-hydroxylation sites is 1. The molecule has 0 spiro atoms. The summed E-state index contributed by atoms with van der Waals surface area (Å²) >= 11 is 0. The highest BCUT2D eigenvalue weighted by Gasteiger charge is 2.33. The van der Waals surface area contributed by atoms with E-state index in [1.54, 1.807) is 47.9 Å². The third kappa shape index (κ3) is 4.22. The Morgan fingerprint density at radius 3 is 2.58 bits per heavy atom. The lowest BCUT2D eigenvalue weighted by Crippen LogP contribution is -2.35. The molecule has 2 aromatic carbocycles. The molecule has 1 aromatic heterocycles. The zero-order chi connectivity index (χ0) is 18.6. The Balaban J connectivity index is 1.63. The maximum atomic E-state index is 14.0. The molecule has 0 saturated carbocycles. The van der Waals surface area contributed by atoms with E-state index in [0.717, 1.165) is 0 Å². The minimum Gasteiger partial charge on any atom is -0.398 e. The number of anilines is 1. The summed E-state index contributed by atoms with van der Waals surface area (Å²) in [5, 5.41) is 6.52. The van der Waals surface area contributed by atoms with Crippen molar-refractivity contribution in [2.24, 2.45) is 0 Å². The zero-order valence-electron chi connectivity index (χ0n) is 13.6. The second-order valence-electron chi connectivity index (χ2n) is 5.58. The van der Waals surface area contributed by atoms with E-state index in [1.165, 1.54) is 18.2 Å². The first-order valence-corrected chi connectivity index (χ1v) is 7.75. The Morgan fingerprint density at radius 1 is 1.15 bits per heavy atom. The van der Waals surface area contributed by atoms with E-state index < -0.39 is 18.4 Å². The fraction of sp³-hybridized carbons (Fsp3) is 0.111. The van der Waals surface area contributed by atoms with Gasteiger partial charge in [0.1, 0.15) is 0 Å². The van der Waals surface area contributed by atoms with Gasteiger partial charge in [0.15, 0.2) is 0 Å². The number of carbonyl (C=O) groups is 1. The summed E-state index contributed by atoms with van der Waals surface area (Å²) < 4.78 is 27.9. The van der Waals surface area contributed by atoms with Gasteiger partial charge in [-0.3, -0.25) is 9.89 Å². The second kappa shape index (κ2) is 7.32. The standard InChI is InChI=1S/C18H16F2N4O2/c19-18(20,26-24-17(25)12-6-2-1-3-7-12)11-13-10-16(23-22-13)14-8-4-5-9-15(14)21/h1-10H,11,21H2,(H,22,23)(H,24,25). The third-order valence-electron chi connectivity index (χ3n) is 3.59. The van der Waals surface area contributed by atoms with E-state index in [0.29, 0.717) is 16.9 Å². The molecular formula is C18H16F2N4O2. The number of H-pyrrole nitrogens is 1. The van der Waals surface area contributed by atoms with Crippen LogP contribution < -0.4 is 11.2 Å². The van der Waals surface area contributed by atoms with E-state index in [4.69, 9.17) is 5.73 Å². The molecule has 3 rings (SSSR count). The van der Waals surface area contributed by atoms with Crippen molar-refractivity contribution in [1.82, 2.24) is 15.7 Å². The lowest BCUT2D eigenvalue weighted by molar-refractivity contribution is -0.261. The van der Waals surface area contributed by atoms with Gasteiger partial charge in [-0.05, 0) is 24.3 Å². The highest BCUT2D eigenvalue weighted by Crippen LogP contribution is 2.26. The molecule has 0 aliphatic heterocycles. The highest BCUT2D eigenvalue weighted by atomic mass is 19.3. The van der Waals surface area contributed by atoms with E-state index in [9.17, 15) is 13.6 Å². The number of aromatic amines is 1. The number of rotatable bonds is 6. The molecule has 0 saturated heterocycles. The van der Waals surface area contributed by atoms with E-state index in [1.807, 2.05) is 0 Å². The van der Waals surface area contributed by atoms with Crippen LogP contribution in [0.2, 0.25) is 0 Å². The van der Waals surface area contributed by atoms with Crippen LogP contribution in [0.1, 0.15) is 16.1 Å². The topological polar surface area (TPSA) is 93.0 Å². The molecule has 134 valence electrons. The number of nitrogens with two attached hydrogens (primary N) is 1. The normalized spacial score (nSPS) is 11.3. The number of carbonyl (C=O) groups excluding carboxylic acids is 1. The van der Waals surface area contributed by atoms with Crippen LogP contribution in [0.3, 0.4) is 0 Å². The summed E-state index contributed by atoms with van der Waals surface area (Å²) in [6.07, 6.45) is -4.40. The van der Waals surface area contributed by atoms with Crippen LogP contribution in [-0.2, 0) is 11.3 Å². The van der Waals surface area contributed by atoms with Crippen LogP contribution in [0.25, 0.3) is 11.3 Å². The maximum absolute atomic E-state index is 14.0. The van der Waals surface area contributed by atoms with Crippen molar-refractivity contribution in [3.8, 4) is 11.3 Å². The van der Waals surface area contributed by atoms with Crippen molar-refractivity contribution in [3.05, 3.63) is 71.9 Å². The Kier molecular flexibility index (Phi) is 4.94. The number of nitrogens with one attached hydrogen (secondary N) is 2. The molecule has 0 radical (unpaired) electrons. The predicted molar refractivity (Wildman–Crippen MR) is 92.1 cm³/mol. The smallest absolute Gasteiger partial charge is 0.380 e. The molecule has 0 bridgehead atoms. The monoisotopic (exact) mass is 358 g/mol. The lowest BCUT2D eigenvalue weighted by atomic mass is 10.1. The van der Waals surface area contributed by atoms with Crippen molar-refractivity contribution in [3.63, 3.8) is 0 Å². The molecule has 3 aromatic rings. The predicted octanol–water partition coefficient (Wildman–Crippen LogP) is 3.16. The van der Waals surface area contributed by atoms with Gasteiger partial charge in [0.2, 0.25) is 0 Å². The van der Waals surface area contributed by atoms with Crippen molar-refractivity contribution in [2.75, 3.05) is 5.73 Å². The van der Waals surface area contributed by atoms with Gasteiger partial charge in [0, 0.05) is 22.5 Å². The van der Waals surface area contributed by atoms with Crippen molar-refractivity contribution in [2.45, 2.75) is 12.5 Å². The van der Waals surface area contributed by atoms with Gasteiger partial charge in [-0.2, -0.15) is 13.9 Å². The molecule has 6 nitrogen and oxygen atoms in total. The number of hydrogen-bond donors (Lipinski definition) is 3. The Labute approximate surface area is 147 Å². The quantitative estimate of drug-likeness (QED) is 0.466. The SMILES string of the molecule is Nc1ccccc1-c1cc(CC(F)(F)ONC(=O)c2ccccc2)[nH]n1. The first kappa shape index (κ1) is 17.6. The molecule has 0 unspecified atom stereocenters. The Bertz CT molecular complexity index is 897. The van der Waals surface area contributed by atoms with Gasteiger partial charge in [-0.15, -0.1) is 0 Å². The average Bonchev–Trinajstić information content (AvgIpc) is 3.08. The summed E-state index contributed by atoms with van der Waals surface area (Å²) in [6, 6.07) is 16.4. The fourth-order valence-corrected chi connectivity index (χ4v) is 2.35. The van der Waals surface area contributed by atoms with Crippen LogP contribution >= 0.6 is 0 Å². The first-order valence-electron chi connectivity index (χ1n) is 7.75. The van der Waals surface area contributed by atoms with Crippen LogP contribution in [0, 0.1) is 0 Å². The van der Waals surface area contributed by atoms with Gasteiger partial charge in [-0.1, -0.05) is 36.4 Å². The minimum absolute atomic E-state index is 0.141. The zero-order valence-corrected chi connectivity index (χ0v) is 13.6. The number of benzene rings is 2. The van der Waals surface area contributed by atoms with Crippen LogP contribution in [0.4, 0.5) is 14.5 Å². The number of amides is 1. The van der Waals surface area contributed by atoms with Gasteiger partial charge in [0.05, 0.1) is 12.1 Å². The van der Waals surface area contributed by atoms with Crippen molar-refractivity contribution < 1.29 is 18.4 Å². The van der Waals surface area contributed by atoms with Gasteiger partial charge < -0.3 is 5.73 Å². The van der Waals surface area contributed by atoms with Crippen LogP contribution in [0.15, 0.2) is 60.7 Å².